The van der Waals surface area contributed by atoms with Crippen LogP contribution in [0.1, 0.15) is 41.7 Å². The van der Waals surface area contributed by atoms with Crippen molar-refractivity contribution in [3.63, 3.8) is 0 Å². The zero-order chi connectivity index (χ0) is 17.7. The SMILES string of the molecule is O=C(N[C@@H]1C[C@@H]2CC[C@@H]1C2)c1cc2ccsc2n1Cc1ccccc1F. The molecule has 1 N–H and O–H groups in total. The number of thiophene rings is 1. The summed E-state index contributed by atoms with van der Waals surface area (Å²) in [7, 11) is 0. The number of carbonyl (C=O) groups excluding carboxylic acids is 1. The lowest BCUT2D eigenvalue weighted by Crippen LogP contribution is -2.39. The van der Waals surface area contributed by atoms with Gasteiger partial charge in [-0.3, -0.25) is 4.79 Å². The number of carbonyl (C=O) groups is 1. The van der Waals surface area contributed by atoms with Crippen molar-refractivity contribution in [2.45, 2.75) is 38.3 Å². The quantitative estimate of drug-likeness (QED) is 0.705. The number of aromatic nitrogens is 1. The van der Waals surface area contributed by atoms with Crippen LogP contribution in [0.15, 0.2) is 41.8 Å². The molecule has 1 aromatic carbocycles. The number of hydrogen-bond donors (Lipinski definition) is 1. The fraction of sp³-hybridized carbons (Fsp3) is 0.381. The van der Waals surface area contributed by atoms with E-state index >= 15 is 0 Å². The minimum absolute atomic E-state index is 0.0257. The summed E-state index contributed by atoms with van der Waals surface area (Å²) in [6, 6.07) is 11.0. The Hall–Kier alpha value is -2.14. The van der Waals surface area contributed by atoms with E-state index in [4.69, 9.17) is 0 Å². The van der Waals surface area contributed by atoms with Gasteiger partial charge >= 0.3 is 0 Å². The van der Waals surface area contributed by atoms with Crippen LogP contribution in [-0.4, -0.2) is 16.5 Å². The van der Waals surface area contributed by atoms with E-state index in [1.165, 1.54) is 25.3 Å². The second-order valence-corrected chi connectivity index (χ2v) is 8.54. The number of hydrogen-bond acceptors (Lipinski definition) is 2. The van der Waals surface area contributed by atoms with Gasteiger partial charge < -0.3 is 9.88 Å². The van der Waals surface area contributed by atoms with Gasteiger partial charge in [-0.1, -0.05) is 24.6 Å². The molecule has 3 aromatic rings. The zero-order valence-corrected chi connectivity index (χ0v) is 15.3. The minimum atomic E-state index is -0.231. The van der Waals surface area contributed by atoms with E-state index in [0.717, 1.165) is 22.6 Å². The Labute approximate surface area is 155 Å². The van der Waals surface area contributed by atoms with Crippen LogP contribution in [0.4, 0.5) is 4.39 Å². The van der Waals surface area contributed by atoms with E-state index in [-0.39, 0.29) is 11.7 Å². The standard InChI is InChI=1S/C21H21FN2OS/c22-17-4-2-1-3-16(17)12-24-19(11-15-7-8-26-21(15)24)20(25)23-18-10-13-5-6-14(18)9-13/h1-4,7-8,11,13-14,18H,5-6,9-10,12H2,(H,23,25)/t13-,14-,18-/m1/s1. The average Bonchev–Trinajstić information content (AvgIpc) is 3.38. The minimum Gasteiger partial charge on any atom is -0.348 e. The van der Waals surface area contributed by atoms with E-state index in [0.29, 0.717) is 29.8 Å². The molecule has 0 aliphatic heterocycles. The summed E-state index contributed by atoms with van der Waals surface area (Å²) >= 11 is 1.59. The lowest BCUT2D eigenvalue weighted by Gasteiger charge is -2.23. The van der Waals surface area contributed by atoms with E-state index < -0.39 is 0 Å². The Morgan fingerprint density at radius 2 is 2.12 bits per heavy atom. The number of amides is 1. The first kappa shape index (κ1) is 16.1. The monoisotopic (exact) mass is 368 g/mol. The van der Waals surface area contributed by atoms with Crippen LogP contribution in [0, 0.1) is 17.7 Å². The first-order valence-corrected chi connectivity index (χ1v) is 10.2. The summed E-state index contributed by atoms with van der Waals surface area (Å²) in [6.07, 6.45) is 4.92. The highest BCUT2D eigenvalue weighted by molar-refractivity contribution is 7.16. The van der Waals surface area contributed by atoms with Crippen LogP contribution in [0.2, 0.25) is 0 Å². The topological polar surface area (TPSA) is 34.0 Å². The van der Waals surface area contributed by atoms with E-state index in [1.807, 2.05) is 28.1 Å². The Kier molecular flexibility index (Phi) is 3.85. The molecule has 0 spiro atoms. The number of nitrogens with zero attached hydrogens (tertiary/aromatic N) is 1. The molecule has 2 aromatic heterocycles. The average molecular weight is 368 g/mol. The van der Waals surface area contributed by atoms with Gasteiger partial charge in [0.25, 0.3) is 5.91 Å². The first-order chi connectivity index (χ1) is 12.7. The molecule has 2 bridgehead atoms. The highest BCUT2D eigenvalue weighted by Crippen LogP contribution is 2.44. The molecule has 3 nitrogen and oxygen atoms in total. The van der Waals surface area contributed by atoms with Crippen LogP contribution in [-0.2, 0) is 6.54 Å². The fourth-order valence-electron chi connectivity index (χ4n) is 4.78. The molecule has 5 rings (SSSR count). The van der Waals surface area contributed by atoms with Gasteiger partial charge in [-0.15, -0.1) is 11.3 Å². The molecule has 0 unspecified atom stereocenters. The van der Waals surface area contributed by atoms with Gasteiger partial charge in [0.05, 0.1) is 6.54 Å². The Morgan fingerprint density at radius 1 is 1.23 bits per heavy atom. The van der Waals surface area contributed by atoms with Crippen LogP contribution in [0.25, 0.3) is 10.2 Å². The molecule has 134 valence electrons. The van der Waals surface area contributed by atoms with Crippen LogP contribution in [0.3, 0.4) is 0 Å². The summed E-state index contributed by atoms with van der Waals surface area (Å²) in [5.41, 5.74) is 1.24. The molecule has 0 saturated heterocycles. The molecule has 2 aliphatic rings. The second kappa shape index (κ2) is 6.23. The molecule has 2 saturated carbocycles. The number of nitrogens with one attached hydrogen (secondary N) is 1. The third-order valence-corrected chi connectivity index (χ3v) is 7.03. The van der Waals surface area contributed by atoms with Gasteiger partial charge in [-0.2, -0.15) is 0 Å². The smallest absolute Gasteiger partial charge is 0.268 e. The van der Waals surface area contributed by atoms with Gasteiger partial charge in [0.15, 0.2) is 0 Å². The zero-order valence-electron chi connectivity index (χ0n) is 14.5. The lowest BCUT2D eigenvalue weighted by molar-refractivity contribution is 0.0914. The van der Waals surface area contributed by atoms with Crippen molar-refractivity contribution in [3.8, 4) is 0 Å². The van der Waals surface area contributed by atoms with Crippen molar-refractivity contribution in [2.75, 3.05) is 0 Å². The molecular weight excluding hydrogens is 347 g/mol. The summed E-state index contributed by atoms with van der Waals surface area (Å²) < 4.78 is 16.1. The normalized spacial score (nSPS) is 24.4. The molecule has 2 aliphatic carbocycles. The largest absolute Gasteiger partial charge is 0.348 e. The van der Waals surface area contributed by atoms with Gasteiger partial charge in [0.1, 0.15) is 16.3 Å². The predicted molar refractivity (Wildman–Crippen MR) is 102 cm³/mol. The lowest BCUT2D eigenvalue weighted by atomic mass is 9.95. The molecule has 2 fully saturated rings. The van der Waals surface area contributed by atoms with E-state index in [2.05, 4.69) is 5.32 Å². The van der Waals surface area contributed by atoms with Crippen LogP contribution < -0.4 is 5.32 Å². The Balaban J connectivity index is 1.46. The highest BCUT2D eigenvalue weighted by Gasteiger charge is 2.40. The molecule has 5 heteroatoms. The summed E-state index contributed by atoms with van der Waals surface area (Å²) in [5.74, 6) is 1.17. The summed E-state index contributed by atoms with van der Waals surface area (Å²) in [4.78, 5) is 14.0. The van der Waals surface area contributed by atoms with Crippen molar-refractivity contribution in [1.29, 1.82) is 0 Å². The van der Waals surface area contributed by atoms with Crippen molar-refractivity contribution < 1.29 is 9.18 Å². The van der Waals surface area contributed by atoms with E-state index in [1.54, 1.807) is 23.5 Å². The second-order valence-electron chi connectivity index (χ2n) is 7.64. The molecule has 2 heterocycles. The fourth-order valence-corrected chi connectivity index (χ4v) is 5.68. The first-order valence-electron chi connectivity index (χ1n) is 9.30. The Bertz CT molecular complexity index is 975. The van der Waals surface area contributed by atoms with Gasteiger partial charge in [0, 0.05) is 17.0 Å². The molecule has 26 heavy (non-hydrogen) atoms. The molecule has 3 atom stereocenters. The number of rotatable bonds is 4. The van der Waals surface area contributed by atoms with Crippen molar-refractivity contribution >= 4 is 27.5 Å². The maximum Gasteiger partial charge on any atom is 0.268 e. The molecular formula is C21H21FN2OS. The van der Waals surface area contributed by atoms with Gasteiger partial charge in [-0.25, -0.2) is 4.39 Å². The summed E-state index contributed by atoms with van der Waals surface area (Å²) in [6.45, 7) is 0.371. The third kappa shape index (κ3) is 2.65. The van der Waals surface area contributed by atoms with Crippen molar-refractivity contribution in [2.24, 2.45) is 11.8 Å². The third-order valence-electron chi connectivity index (χ3n) is 6.08. The number of halogens is 1. The maximum atomic E-state index is 14.2. The van der Waals surface area contributed by atoms with Crippen molar-refractivity contribution in [3.05, 3.63) is 58.9 Å². The number of benzene rings is 1. The van der Waals surface area contributed by atoms with Crippen LogP contribution in [0.5, 0.6) is 0 Å². The van der Waals surface area contributed by atoms with Crippen LogP contribution >= 0.6 is 11.3 Å². The van der Waals surface area contributed by atoms with E-state index in [9.17, 15) is 9.18 Å². The molecule has 0 radical (unpaired) electrons. The van der Waals surface area contributed by atoms with Crippen molar-refractivity contribution in [1.82, 2.24) is 9.88 Å². The molecule has 1 amide bonds. The Morgan fingerprint density at radius 3 is 2.88 bits per heavy atom. The van der Waals surface area contributed by atoms with Gasteiger partial charge in [0.2, 0.25) is 0 Å². The highest BCUT2D eigenvalue weighted by atomic mass is 32.1. The predicted octanol–water partition coefficient (Wildman–Crippen LogP) is 4.81. The maximum absolute atomic E-state index is 14.2. The van der Waals surface area contributed by atoms with Gasteiger partial charge in [-0.05, 0) is 54.7 Å². The number of fused-ring (bicyclic) bond motifs is 3. The summed E-state index contributed by atoms with van der Waals surface area (Å²) in [5, 5.41) is 6.33.